The number of halogens is 1. The van der Waals surface area contributed by atoms with Gasteiger partial charge in [-0.1, -0.05) is 23.7 Å². The second kappa shape index (κ2) is 5.40. The molecule has 1 heterocycles. The zero-order valence-corrected chi connectivity index (χ0v) is 10.6. The van der Waals surface area contributed by atoms with Gasteiger partial charge in [0.2, 0.25) is 0 Å². The average molecular weight is 268 g/mol. The predicted molar refractivity (Wildman–Crippen MR) is 67.6 cm³/mol. The van der Waals surface area contributed by atoms with Crippen molar-refractivity contribution in [2.24, 2.45) is 0 Å². The van der Waals surface area contributed by atoms with Crippen LogP contribution >= 0.6 is 11.6 Å². The molecule has 1 fully saturated rings. The van der Waals surface area contributed by atoms with Gasteiger partial charge in [0.25, 0.3) is 0 Å². The summed E-state index contributed by atoms with van der Waals surface area (Å²) < 4.78 is 0. The minimum Gasteiger partial charge on any atom is -0.474 e. The van der Waals surface area contributed by atoms with Gasteiger partial charge in [0, 0.05) is 18.1 Å². The van der Waals surface area contributed by atoms with Gasteiger partial charge in [-0.3, -0.25) is 4.79 Å². The van der Waals surface area contributed by atoms with E-state index in [1.165, 1.54) is 4.90 Å². The van der Waals surface area contributed by atoms with Gasteiger partial charge in [-0.2, -0.15) is 0 Å². The van der Waals surface area contributed by atoms with Crippen molar-refractivity contribution in [3.05, 3.63) is 34.9 Å². The molecule has 0 spiro atoms. The summed E-state index contributed by atoms with van der Waals surface area (Å²) in [5.41, 5.74) is 1.16. The number of piperidine rings is 1. The molecule has 1 aliphatic rings. The van der Waals surface area contributed by atoms with Gasteiger partial charge >= 0.3 is 11.9 Å². The van der Waals surface area contributed by atoms with E-state index in [0.29, 0.717) is 24.0 Å². The molecule has 0 atom stereocenters. The molecular formula is C13H14ClNO3. The number of rotatable bonds is 1. The van der Waals surface area contributed by atoms with Gasteiger partial charge < -0.3 is 10.0 Å². The molecule has 0 aliphatic carbocycles. The topological polar surface area (TPSA) is 57.6 Å². The van der Waals surface area contributed by atoms with E-state index in [0.717, 1.165) is 18.4 Å². The Morgan fingerprint density at radius 2 is 1.94 bits per heavy atom. The lowest BCUT2D eigenvalue weighted by Crippen LogP contribution is -2.41. The first kappa shape index (κ1) is 12.9. The summed E-state index contributed by atoms with van der Waals surface area (Å²) in [5, 5.41) is 9.35. The number of nitrogens with zero attached hydrogens (tertiary/aromatic N) is 1. The first-order valence-electron chi connectivity index (χ1n) is 5.85. The van der Waals surface area contributed by atoms with Crippen LogP contribution in [0.5, 0.6) is 0 Å². The number of carbonyl (C=O) groups is 2. The van der Waals surface area contributed by atoms with Crippen LogP contribution in [-0.4, -0.2) is 35.0 Å². The summed E-state index contributed by atoms with van der Waals surface area (Å²) >= 11 is 5.94. The molecule has 1 aliphatic heterocycles. The molecule has 18 heavy (non-hydrogen) atoms. The minimum atomic E-state index is -1.38. The summed E-state index contributed by atoms with van der Waals surface area (Å²) in [5.74, 6) is -1.84. The van der Waals surface area contributed by atoms with Crippen molar-refractivity contribution in [3.63, 3.8) is 0 Å². The second-order valence-electron chi connectivity index (χ2n) is 4.43. The number of amides is 1. The highest BCUT2D eigenvalue weighted by Crippen LogP contribution is 2.29. The molecule has 96 valence electrons. The van der Waals surface area contributed by atoms with Gasteiger partial charge in [0.15, 0.2) is 0 Å². The number of likely N-dealkylation sites (tertiary alicyclic amines) is 1. The van der Waals surface area contributed by atoms with Crippen molar-refractivity contribution < 1.29 is 14.7 Å². The van der Waals surface area contributed by atoms with Crippen LogP contribution in [0.3, 0.4) is 0 Å². The van der Waals surface area contributed by atoms with Crippen LogP contribution < -0.4 is 0 Å². The molecule has 1 aromatic carbocycles. The van der Waals surface area contributed by atoms with Crippen molar-refractivity contribution in [3.8, 4) is 0 Å². The Morgan fingerprint density at radius 3 is 2.50 bits per heavy atom. The smallest absolute Gasteiger partial charge is 0.394 e. The van der Waals surface area contributed by atoms with Crippen LogP contribution in [0.2, 0.25) is 5.02 Å². The summed E-state index contributed by atoms with van der Waals surface area (Å²) in [6.07, 6.45) is 1.55. The van der Waals surface area contributed by atoms with E-state index in [-0.39, 0.29) is 0 Å². The molecular weight excluding hydrogens is 254 g/mol. The molecule has 0 radical (unpaired) electrons. The van der Waals surface area contributed by atoms with Crippen LogP contribution in [0.25, 0.3) is 0 Å². The molecule has 2 rings (SSSR count). The van der Waals surface area contributed by atoms with Crippen molar-refractivity contribution in [2.45, 2.75) is 18.8 Å². The van der Waals surface area contributed by atoms with Crippen LogP contribution in [-0.2, 0) is 9.59 Å². The Labute approximate surface area is 110 Å². The van der Waals surface area contributed by atoms with Crippen LogP contribution in [0.4, 0.5) is 0 Å². The van der Waals surface area contributed by atoms with E-state index in [9.17, 15) is 9.59 Å². The Morgan fingerprint density at radius 1 is 1.28 bits per heavy atom. The summed E-state index contributed by atoms with van der Waals surface area (Å²) in [7, 11) is 0. The third kappa shape index (κ3) is 2.82. The maximum Gasteiger partial charge on any atom is 0.394 e. The molecule has 0 aromatic heterocycles. The Hall–Kier alpha value is -1.55. The molecule has 1 N–H and O–H groups in total. The highest BCUT2D eigenvalue weighted by atomic mass is 35.5. The Bertz CT molecular complexity index is 467. The first-order chi connectivity index (χ1) is 8.58. The fraction of sp³-hybridized carbons (Fsp3) is 0.385. The molecule has 5 heteroatoms. The van der Waals surface area contributed by atoms with E-state index in [2.05, 4.69) is 0 Å². The van der Waals surface area contributed by atoms with Gasteiger partial charge in [-0.15, -0.1) is 0 Å². The van der Waals surface area contributed by atoms with Gasteiger partial charge in [-0.05, 0) is 36.5 Å². The summed E-state index contributed by atoms with van der Waals surface area (Å²) in [4.78, 5) is 23.3. The van der Waals surface area contributed by atoms with Gasteiger partial charge in [0.1, 0.15) is 0 Å². The zero-order chi connectivity index (χ0) is 13.1. The summed E-state index contributed by atoms with van der Waals surface area (Å²) in [6.45, 7) is 0.977. The SMILES string of the molecule is O=C(O)C(=O)N1CCC(c2cccc(Cl)c2)CC1. The predicted octanol–water partition coefficient (Wildman–Crippen LogP) is 2.13. The molecule has 4 nitrogen and oxygen atoms in total. The van der Waals surface area contributed by atoms with Gasteiger partial charge in [-0.25, -0.2) is 4.79 Å². The lowest BCUT2D eigenvalue weighted by molar-refractivity contribution is -0.156. The second-order valence-corrected chi connectivity index (χ2v) is 4.86. The van der Waals surface area contributed by atoms with Crippen molar-refractivity contribution in [2.75, 3.05) is 13.1 Å². The maximum absolute atomic E-state index is 11.3. The number of aliphatic carboxylic acids is 1. The highest BCUT2D eigenvalue weighted by Gasteiger charge is 2.27. The lowest BCUT2D eigenvalue weighted by Gasteiger charge is -2.31. The minimum absolute atomic E-state index is 0.349. The quantitative estimate of drug-likeness (QED) is 0.793. The first-order valence-corrected chi connectivity index (χ1v) is 6.23. The van der Waals surface area contributed by atoms with Gasteiger partial charge in [0.05, 0.1) is 0 Å². The van der Waals surface area contributed by atoms with E-state index < -0.39 is 11.9 Å². The molecule has 1 aromatic rings. The van der Waals surface area contributed by atoms with Crippen LogP contribution in [0.15, 0.2) is 24.3 Å². The third-order valence-electron chi connectivity index (χ3n) is 3.29. The normalized spacial score (nSPS) is 16.6. The zero-order valence-electron chi connectivity index (χ0n) is 9.80. The Balaban J connectivity index is 1.98. The van der Waals surface area contributed by atoms with Crippen molar-refractivity contribution >= 4 is 23.5 Å². The van der Waals surface area contributed by atoms with E-state index in [1.54, 1.807) is 0 Å². The molecule has 1 saturated heterocycles. The average Bonchev–Trinajstić information content (AvgIpc) is 2.38. The monoisotopic (exact) mass is 267 g/mol. The number of carboxylic acids is 1. The fourth-order valence-corrected chi connectivity index (χ4v) is 2.51. The fourth-order valence-electron chi connectivity index (χ4n) is 2.31. The molecule has 0 bridgehead atoms. The molecule has 0 unspecified atom stereocenters. The Kier molecular flexibility index (Phi) is 3.87. The standard InChI is InChI=1S/C13H14ClNO3/c14-11-3-1-2-10(8-11)9-4-6-15(7-5-9)12(16)13(17)18/h1-3,8-9H,4-7H2,(H,17,18). The van der Waals surface area contributed by atoms with Crippen LogP contribution in [0.1, 0.15) is 24.3 Å². The molecule has 0 saturated carbocycles. The van der Waals surface area contributed by atoms with E-state index in [1.807, 2.05) is 24.3 Å². The number of hydrogen-bond donors (Lipinski definition) is 1. The van der Waals surface area contributed by atoms with Crippen LogP contribution in [0, 0.1) is 0 Å². The highest BCUT2D eigenvalue weighted by molar-refractivity contribution is 6.31. The summed E-state index contributed by atoms with van der Waals surface area (Å²) in [6, 6.07) is 7.69. The van der Waals surface area contributed by atoms with E-state index >= 15 is 0 Å². The number of hydrogen-bond acceptors (Lipinski definition) is 2. The maximum atomic E-state index is 11.3. The number of carbonyl (C=O) groups excluding carboxylic acids is 1. The number of benzene rings is 1. The lowest BCUT2D eigenvalue weighted by atomic mass is 9.89. The van der Waals surface area contributed by atoms with E-state index in [4.69, 9.17) is 16.7 Å². The largest absolute Gasteiger partial charge is 0.474 e. The number of carboxylic acid groups (broad SMARTS) is 1. The third-order valence-corrected chi connectivity index (χ3v) is 3.52. The molecule has 1 amide bonds. The van der Waals surface area contributed by atoms with Crippen molar-refractivity contribution in [1.29, 1.82) is 0 Å². The van der Waals surface area contributed by atoms with Crippen molar-refractivity contribution in [1.82, 2.24) is 4.90 Å².